The number of amides is 7. The molecule has 0 aromatic rings. The van der Waals surface area contributed by atoms with Crippen molar-refractivity contribution >= 4 is 41.7 Å². The topological polar surface area (TPSA) is 226 Å². The summed E-state index contributed by atoms with van der Waals surface area (Å²) in [5, 5.41) is 16.9. The monoisotopic (exact) mass is 923 g/mol. The fourth-order valence-electron chi connectivity index (χ4n) is 8.03. The molecule has 1 aliphatic carbocycles. The van der Waals surface area contributed by atoms with E-state index in [1.165, 1.54) is 4.90 Å². The maximum Gasteiger partial charge on any atom is 0.407 e. The predicted octanol–water partition coefficient (Wildman–Crippen LogP) is 4.53. The lowest BCUT2D eigenvalue weighted by molar-refractivity contribution is -0.145. The summed E-state index contributed by atoms with van der Waals surface area (Å²) in [7, 11) is 1.66. The minimum Gasteiger partial charge on any atom is -0.444 e. The Kier molecular flexibility index (Phi) is 24.6. The number of unbranched alkanes of at least 4 members (excludes halogenated alkanes) is 2. The van der Waals surface area contributed by atoms with Crippen LogP contribution in [0.5, 0.6) is 0 Å². The number of carbonyl (C=O) groups is 7. The van der Waals surface area contributed by atoms with Gasteiger partial charge in [0, 0.05) is 32.8 Å². The van der Waals surface area contributed by atoms with Crippen molar-refractivity contribution in [2.45, 2.75) is 201 Å². The van der Waals surface area contributed by atoms with E-state index >= 15 is 0 Å². The molecule has 0 bridgehead atoms. The molecule has 0 spiro atoms. The maximum atomic E-state index is 14.8. The van der Waals surface area contributed by atoms with Crippen LogP contribution in [0.15, 0.2) is 0 Å². The van der Waals surface area contributed by atoms with E-state index in [1.54, 1.807) is 48.6 Å². The van der Waals surface area contributed by atoms with Gasteiger partial charge in [0.2, 0.25) is 29.5 Å². The van der Waals surface area contributed by atoms with E-state index in [2.05, 4.69) is 50.6 Å². The van der Waals surface area contributed by atoms with Gasteiger partial charge in [0.25, 0.3) is 0 Å². The molecule has 1 saturated heterocycles. The van der Waals surface area contributed by atoms with Crippen LogP contribution in [-0.2, 0) is 38.2 Å². The zero-order chi connectivity index (χ0) is 48.9. The van der Waals surface area contributed by atoms with Gasteiger partial charge in [-0.2, -0.15) is 0 Å². The molecule has 18 nitrogen and oxygen atoms in total. The smallest absolute Gasteiger partial charge is 0.407 e. The standard InChI is InChI=1S/C47H86N8O10/c1-13-15-23-36-43(60)54(12)37(27-31(3)4)41(58)53-38(33-21-18-17-19-22-33)42(59)51-34(28-49-45(62)65-47(9,10)11)39(56)52-35(40(57)50-32(5)29-55(36)25-16-14-2)30-63-26-20-24-48-44(61)64-46(6,7)8/h31-38H,13-30H2,1-12H3,(H,48,61)(H,49,62)(H,50,57)(H,51,59)(H,52,56)(H,53,58)/t32-,34+,35+,36+,37+,38+/m1/s1. The van der Waals surface area contributed by atoms with Crippen LogP contribution < -0.4 is 31.9 Å². The van der Waals surface area contributed by atoms with Crippen molar-refractivity contribution in [3.63, 3.8) is 0 Å². The highest BCUT2D eigenvalue weighted by Gasteiger charge is 2.40. The Labute approximate surface area is 389 Å². The minimum absolute atomic E-state index is 0.0270. The van der Waals surface area contributed by atoms with Crippen molar-refractivity contribution in [3.8, 4) is 0 Å². The van der Waals surface area contributed by atoms with Gasteiger partial charge >= 0.3 is 12.2 Å². The lowest BCUT2D eigenvalue weighted by atomic mass is 9.83. The number of carbonyl (C=O) groups excluding carboxylic acids is 7. The molecule has 65 heavy (non-hydrogen) atoms. The summed E-state index contributed by atoms with van der Waals surface area (Å²) < 4.78 is 16.6. The van der Waals surface area contributed by atoms with Crippen LogP contribution in [0.4, 0.5) is 9.59 Å². The Hall–Kier alpha value is -4.19. The first-order chi connectivity index (χ1) is 30.5. The number of rotatable bonds is 17. The number of nitrogens with zero attached hydrogens (tertiary/aromatic N) is 2. The molecule has 2 aliphatic rings. The molecule has 0 unspecified atom stereocenters. The van der Waals surface area contributed by atoms with Crippen LogP contribution in [0.25, 0.3) is 0 Å². The molecule has 2 rings (SSSR count). The summed E-state index contributed by atoms with van der Waals surface area (Å²) in [6.45, 7) is 20.9. The van der Waals surface area contributed by atoms with Gasteiger partial charge in [-0.25, -0.2) is 9.59 Å². The van der Waals surface area contributed by atoms with Gasteiger partial charge in [-0.3, -0.25) is 28.9 Å². The average molecular weight is 923 g/mol. The number of hydrogen-bond donors (Lipinski definition) is 6. The Morgan fingerprint density at radius 3 is 1.91 bits per heavy atom. The Morgan fingerprint density at radius 1 is 0.738 bits per heavy atom. The molecular weight excluding hydrogens is 837 g/mol. The normalized spacial score (nSPS) is 24.3. The van der Waals surface area contributed by atoms with E-state index < -0.39 is 89.8 Å². The first kappa shape index (κ1) is 56.9. The zero-order valence-corrected chi connectivity index (χ0v) is 41.8. The highest BCUT2D eigenvalue weighted by molar-refractivity contribution is 5.96. The second-order valence-corrected chi connectivity index (χ2v) is 20.3. The molecule has 1 aliphatic heterocycles. The largest absolute Gasteiger partial charge is 0.444 e. The third kappa shape index (κ3) is 21.8. The van der Waals surface area contributed by atoms with Crippen LogP contribution in [0, 0.1) is 11.8 Å². The van der Waals surface area contributed by atoms with Gasteiger partial charge in [0.15, 0.2) is 0 Å². The maximum absolute atomic E-state index is 14.8. The molecule has 0 aromatic carbocycles. The van der Waals surface area contributed by atoms with Gasteiger partial charge in [0.05, 0.1) is 19.2 Å². The van der Waals surface area contributed by atoms with Gasteiger partial charge in [-0.1, -0.05) is 66.2 Å². The van der Waals surface area contributed by atoms with Crippen LogP contribution >= 0.6 is 0 Å². The Morgan fingerprint density at radius 2 is 1.32 bits per heavy atom. The van der Waals surface area contributed by atoms with Crippen molar-refractivity contribution < 1.29 is 47.8 Å². The van der Waals surface area contributed by atoms with E-state index in [1.807, 2.05) is 20.8 Å². The quantitative estimate of drug-likeness (QED) is 0.111. The highest BCUT2D eigenvalue weighted by Crippen LogP contribution is 2.28. The fraction of sp³-hybridized carbons (Fsp3) is 0.851. The molecule has 0 radical (unpaired) electrons. The number of hydrogen-bond acceptors (Lipinski definition) is 11. The first-order valence-corrected chi connectivity index (χ1v) is 24.2. The number of ether oxygens (including phenoxy) is 3. The summed E-state index contributed by atoms with van der Waals surface area (Å²) in [4.78, 5) is 101. The van der Waals surface area contributed by atoms with Crippen molar-refractivity contribution in [1.29, 1.82) is 0 Å². The first-order valence-electron chi connectivity index (χ1n) is 24.2. The second kappa shape index (κ2) is 28.1. The average Bonchev–Trinajstić information content (AvgIpc) is 3.21. The van der Waals surface area contributed by atoms with Crippen LogP contribution in [0.1, 0.15) is 153 Å². The lowest BCUT2D eigenvalue weighted by Crippen LogP contribution is -2.63. The number of likely N-dealkylation sites (N-methyl/N-ethyl adjacent to an activating group) is 1. The van der Waals surface area contributed by atoms with E-state index in [-0.39, 0.29) is 37.5 Å². The van der Waals surface area contributed by atoms with Gasteiger partial charge in [0.1, 0.15) is 35.4 Å². The summed E-state index contributed by atoms with van der Waals surface area (Å²) in [5.41, 5.74) is -1.52. The summed E-state index contributed by atoms with van der Waals surface area (Å²) in [6.07, 6.45) is 7.14. The number of nitrogens with one attached hydrogen (secondary N) is 6. The van der Waals surface area contributed by atoms with Crippen LogP contribution in [-0.4, -0.2) is 145 Å². The van der Waals surface area contributed by atoms with E-state index in [9.17, 15) is 33.6 Å². The van der Waals surface area contributed by atoms with Gasteiger partial charge < -0.3 is 51.0 Å². The fourth-order valence-corrected chi connectivity index (χ4v) is 8.03. The number of alkyl carbamates (subject to hydrolysis) is 2. The minimum atomic E-state index is -1.41. The molecule has 18 heteroatoms. The predicted molar refractivity (Wildman–Crippen MR) is 250 cm³/mol. The van der Waals surface area contributed by atoms with E-state index in [4.69, 9.17) is 14.2 Å². The molecular formula is C47H86N8O10. The molecule has 6 N–H and O–H groups in total. The lowest BCUT2D eigenvalue weighted by Gasteiger charge is -2.39. The van der Waals surface area contributed by atoms with Gasteiger partial charge in [-0.15, -0.1) is 0 Å². The third-order valence-corrected chi connectivity index (χ3v) is 11.3. The van der Waals surface area contributed by atoms with Crippen molar-refractivity contribution in [2.24, 2.45) is 11.8 Å². The van der Waals surface area contributed by atoms with Gasteiger partial charge in [-0.05, 0) is 105 Å². The summed E-state index contributed by atoms with van der Waals surface area (Å²) >= 11 is 0. The Balaban J connectivity index is 2.66. The zero-order valence-electron chi connectivity index (χ0n) is 41.8. The van der Waals surface area contributed by atoms with Crippen molar-refractivity contribution in [1.82, 2.24) is 41.7 Å². The van der Waals surface area contributed by atoms with Crippen molar-refractivity contribution in [2.75, 3.05) is 46.4 Å². The molecule has 6 atom stereocenters. The second-order valence-electron chi connectivity index (χ2n) is 20.3. The van der Waals surface area contributed by atoms with Crippen molar-refractivity contribution in [3.05, 3.63) is 0 Å². The molecule has 0 aromatic heterocycles. The highest BCUT2D eigenvalue weighted by atomic mass is 16.6. The Bertz CT molecular complexity index is 1530. The third-order valence-electron chi connectivity index (χ3n) is 11.3. The SMILES string of the molecule is CCCC[C@H]1C(=O)N(C)[C@@H](CC(C)C)C(=O)N[C@@H](C2CCCCC2)C(=O)N[C@@H](CNC(=O)OC(C)(C)C)C(=O)N[C@@H](COCCCNC(=O)OC(C)(C)C)C(=O)N[C@H](C)CN1CCCC. The molecule has 374 valence electrons. The van der Waals surface area contributed by atoms with Crippen LogP contribution in [0.2, 0.25) is 0 Å². The van der Waals surface area contributed by atoms with E-state index in [0.29, 0.717) is 45.2 Å². The molecule has 7 amide bonds. The molecule has 1 heterocycles. The van der Waals surface area contributed by atoms with Crippen LogP contribution in [0.3, 0.4) is 0 Å². The summed E-state index contributed by atoms with van der Waals surface area (Å²) in [5.74, 6) is -2.87. The molecule has 2 fully saturated rings. The summed E-state index contributed by atoms with van der Waals surface area (Å²) in [6, 6.07) is -5.73. The molecule has 1 saturated carbocycles. The van der Waals surface area contributed by atoms with E-state index in [0.717, 1.165) is 44.9 Å².